The van der Waals surface area contributed by atoms with Crippen molar-refractivity contribution in [2.24, 2.45) is 5.84 Å². The maximum Gasteiger partial charge on any atom is 0.165 e. The molecule has 3 N–H and O–H groups in total. The highest BCUT2D eigenvalue weighted by molar-refractivity contribution is 5.30. The van der Waals surface area contributed by atoms with Crippen molar-refractivity contribution >= 4 is 0 Å². The molecule has 0 aliphatic rings. The van der Waals surface area contributed by atoms with E-state index in [0.717, 1.165) is 11.3 Å². The fraction of sp³-hybridized carbons (Fsp3) is 0.231. The summed E-state index contributed by atoms with van der Waals surface area (Å²) in [7, 11) is 1.43. The fourth-order valence-electron chi connectivity index (χ4n) is 1.83. The molecule has 6 heteroatoms. The number of nitrogens with one attached hydrogen (secondary N) is 1. The highest BCUT2D eigenvalue weighted by atomic mass is 19.1. The summed E-state index contributed by atoms with van der Waals surface area (Å²) in [4.78, 5) is 7.98. The molecule has 0 fully saturated rings. The van der Waals surface area contributed by atoms with Gasteiger partial charge in [-0.15, -0.1) is 0 Å². The summed E-state index contributed by atoms with van der Waals surface area (Å²) in [5.74, 6) is 5.35. The van der Waals surface area contributed by atoms with Crippen molar-refractivity contribution < 1.29 is 9.13 Å². The molecule has 19 heavy (non-hydrogen) atoms. The molecule has 0 aliphatic heterocycles. The summed E-state index contributed by atoms with van der Waals surface area (Å²) in [5, 5.41) is 0. The first-order chi connectivity index (χ1) is 9.24. The van der Waals surface area contributed by atoms with E-state index in [1.807, 2.05) is 0 Å². The van der Waals surface area contributed by atoms with Crippen molar-refractivity contribution in [2.75, 3.05) is 7.11 Å². The number of hydrogen-bond donors (Lipinski definition) is 2. The molecular formula is C13H15FN4O. The van der Waals surface area contributed by atoms with Gasteiger partial charge in [0, 0.05) is 6.20 Å². The second kappa shape index (κ2) is 6.21. The van der Waals surface area contributed by atoms with E-state index in [2.05, 4.69) is 15.4 Å². The Bertz CT molecular complexity index is 535. The zero-order valence-electron chi connectivity index (χ0n) is 10.5. The Morgan fingerprint density at radius 2 is 2.26 bits per heavy atom. The van der Waals surface area contributed by atoms with Gasteiger partial charge in [-0.2, -0.15) is 0 Å². The number of rotatable bonds is 5. The van der Waals surface area contributed by atoms with Gasteiger partial charge in [-0.05, 0) is 30.2 Å². The highest BCUT2D eigenvalue weighted by Crippen LogP contribution is 2.21. The molecule has 0 radical (unpaired) electrons. The van der Waals surface area contributed by atoms with Crippen molar-refractivity contribution in [1.82, 2.24) is 15.4 Å². The van der Waals surface area contributed by atoms with Crippen LogP contribution in [0.2, 0.25) is 0 Å². The number of nitrogens with two attached hydrogens (primary N) is 1. The Balaban J connectivity index is 2.17. The van der Waals surface area contributed by atoms with E-state index in [4.69, 9.17) is 10.6 Å². The SMILES string of the molecule is COc1ccc(CC(NN)c2ccncn2)cc1F. The van der Waals surface area contributed by atoms with Crippen molar-refractivity contribution in [2.45, 2.75) is 12.5 Å². The monoisotopic (exact) mass is 262 g/mol. The quantitative estimate of drug-likeness (QED) is 0.629. The summed E-state index contributed by atoms with van der Waals surface area (Å²) in [5.41, 5.74) is 4.23. The summed E-state index contributed by atoms with van der Waals surface area (Å²) in [6.45, 7) is 0. The van der Waals surface area contributed by atoms with Gasteiger partial charge in [-0.25, -0.2) is 14.4 Å². The van der Waals surface area contributed by atoms with Crippen LogP contribution in [0, 0.1) is 5.82 Å². The van der Waals surface area contributed by atoms with E-state index in [1.165, 1.54) is 19.5 Å². The number of ether oxygens (including phenoxy) is 1. The normalized spacial score (nSPS) is 12.2. The minimum absolute atomic E-state index is 0.198. The van der Waals surface area contributed by atoms with Gasteiger partial charge in [0.1, 0.15) is 6.33 Å². The predicted octanol–water partition coefficient (Wildman–Crippen LogP) is 1.37. The van der Waals surface area contributed by atoms with Crippen molar-refractivity contribution in [1.29, 1.82) is 0 Å². The Hall–Kier alpha value is -2.05. The van der Waals surface area contributed by atoms with Crippen LogP contribution in [0.1, 0.15) is 17.3 Å². The summed E-state index contributed by atoms with van der Waals surface area (Å²) >= 11 is 0. The topological polar surface area (TPSA) is 73.1 Å². The van der Waals surface area contributed by atoms with E-state index in [1.54, 1.807) is 24.4 Å². The molecule has 0 saturated carbocycles. The Morgan fingerprint density at radius 1 is 1.42 bits per heavy atom. The van der Waals surface area contributed by atoms with Gasteiger partial charge in [0.15, 0.2) is 11.6 Å². The number of nitrogens with zero attached hydrogens (tertiary/aromatic N) is 2. The lowest BCUT2D eigenvalue weighted by atomic mass is 10.0. The molecule has 1 atom stereocenters. The second-order valence-electron chi connectivity index (χ2n) is 4.03. The second-order valence-corrected chi connectivity index (χ2v) is 4.03. The van der Waals surface area contributed by atoms with Gasteiger partial charge >= 0.3 is 0 Å². The van der Waals surface area contributed by atoms with Gasteiger partial charge in [0.25, 0.3) is 0 Å². The first kappa shape index (κ1) is 13.4. The maximum atomic E-state index is 13.6. The molecule has 1 aromatic heterocycles. The molecule has 0 spiro atoms. The van der Waals surface area contributed by atoms with Gasteiger partial charge < -0.3 is 4.74 Å². The van der Waals surface area contributed by atoms with Crippen LogP contribution in [0.3, 0.4) is 0 Å². The lowest BCUT2D eigenvalue weighted by Gasteiger charge is -2.15. The Labute approximate surface area is 110 Å². The van der Waals surface area contributed by atoms with Crippen LogP contribution in [0.15, 0.2) is 36.8 Å². The predicted molar refractivity (Wildman–Crippen MR) is 68.8 cm³/mol. The van der Waals surface area contributed by atoms with Gasteiger partial charge in [-0.3, -0.25) is 11.3 Å². The number of hydrogen-bond acceptors (Lipinski definition) is 5. The average molecular weight is 262 g/mol. The number of methoxy groups -OCH3 is 1. The molecule has 2 rings (SSSR count). The summed E-state index contributed by atoms with van der Waals surface area (Å²) < 4.78 is 18.5. The zero-order valence-corrected chi connectivity index (χ0v) is 10.5. The van der Waals surface area contributed by atoms with Crippen LogP contribution >= 0.6 is 0 Å². The molecule has 1 heterocycles. The van der Waals surface area contributed by atoms with E-state index < -0.39 is 5.82 Å². The van der Waals surface area contributed by atoms with E-state index >= 15 is 0 Å². The van der Waals surface area contributed by atoms with Crippen LogP contribution < -0.4 is 16.0 Å². The molecule has 5 nitrogen and oxygen atoms in total. The number of hydrazine groups is 1. The minimum atomic E-state index is -0.390. The Morgan fingerprint density at radius 3 is 2.84 bits per heavy atom. The molecule has 1 unspecified atom stereocenters. The first-order valence-corrected chi connectivity index (χ1v) is 5.79. The minimum Gasteiger partial charge on any atom is -0.494 e. The molecule has 0 bridgehead atoms. The summed E-state index contributed by atoms with van der Waals surface area (Å²) in [6, 6.07) is 6.40. The first-order valence-electron chi connectivity index (χ1n) is 5.79. The van der Waals surface area contributed by atoms with Crippen molar-refractivity contribution in [3.8, 4) is 5.75 Å². The third-order valence-electron chi connectivity index (χ3n) is 2.82. The third kappa shape index (κ3) is 3.24. The molecular weight excluding hydrogens is 247 g/mol. The molecule has 1 aromatic carbocycles. The number of aromatic nitrogens is 2. The van der Waals surface area contributed by atoms with E-state index in [0.29, 0.717) is 6.42 Å². The van der Waals surface area contributed by atoms with E-state index in [9.17, 15) is 4.39 Å². The molecule has 2 aromatic rings. The van der Waals surface area contributed by atoms with Gasteiger partial charge in [-0.1, -0.05) is 6.07 Å². The molecule has 0 amide bonds. The lowest BCUT2D eigenvalue weighted by Crippen LogP contribution is -2.30. The largest absolute Gasteiger partial charge is 0.494 e. The van der Waals surface area contributed by atoms with E-state index in [-0.39, 0.29) is 11.8 Å². The van der Waals surface area contributed by atoms with Crippen molar-refractivity contribution in [3.05, 3.63) is 53.9 Å². The number of halogens is 1. The maximum absolute atomic E-state index is 13.6. The van der Waals surface area contributed by atoms with Crippen LogP contribution in [-0.4, -0.2) is 17.1 Å². The van der Waals surface area contributed by atoms with Gasteiger partial charge in [0.05, 0.1) is 18.8 Å². The standard InChI is InChI=1S/C13H15FN4O/c1-19-13-3-2-9(6-10(13)14)7-12(18-15)11-4-5-16-8-17-11/h2-6,8,12,18H,7,15H2,1H3. The van der Waals surface area contributed by atoms with Crippen LogP contribution in [0.25, 0.3) is 0 Å². The molecule has 100 valence electrons. The van der Waals surface area contributed by atoms with Crippen LogP contribution in [0.4, 0.5) is 4.39 Å². The summed E-state index contributed by atoms with van der Waals surface area (Å²) in [6.07, 6.45) is 3.62. The number of benzene rings is 1. The average Bonchev–Trinajstić information content (AvgIpc) is 2.46. The van der Waals surface area contributed by atoms with Crippen LogP contribution in [0.5, 0.6) is 5.75 Å². The highest BCUT2D eigenvalue weighted by Gasteiger charge is 2.13. The molecule has 0 aliphatic carbocycles. The molecule has 0 saturated heterocycles. The van der Waals surface area contributed by atoms with Gasteiger partial charge in [0.2, 0.25) is 0 Å². The lowest BCUT2D eigenvalue weighted by molar-refractivity contribution is 0.386. The third-order valence-corrected chi connectivity index (χ3v) is 2.82. The van der Waals surface area contributed by atoms with Crippen LogP contribution in [-0.2, 0) is 6.42 Å². The zero-order chi connectivity index (χ0) is 13.7. The Kier molecular flexibility index (Phi) is 4.38. The fourth-order valence-corrected chi connectivity index (χ4v) is 1.83. The smallest absolute Gasteiger partial charge is 0.165 e. The van der Waals surface area contributed by atoms with Crippen molar-refractivity contribution in [3.63, 3.8) is 0 Å².